The van der Waals surface area contributed by atoms with Gasteiger partial charge in [-0.15, -0.1) is 23.5 Å². The second kappa shape index (κ2) is 24.2. The predicted molar refractivity (Wildman–Crippen MR) is 273 cm³/mol. The summed E-state index contributed by atoms with van der Waals surface area (Å²) in [5, 5.41) is 2.09. The number of carbonyl (C=O) groups excluding carboxylic acids is 5. The first kappa shape index (κ1) is 50.4. The Labute approximate surface area is 423 Å². The number of rotatable bonds is 18. The molecule has 4 aliphatic rings. The fraction of sp³-hybridized carbons (Fsp3) is 0.250. The second-order valence-electron chi connectivity index (χ2n) is 15.9. The van der Waals surface area contributed by atoms with Crippen molar-refractivity contribution in [2.45, 2.75) is 35.0 Å². The first-order chi connectivity index (χ1) is 34.2. The van der Waals surface area contributed by atoms with Crippen LogP contribution in [0.25, 0.3) is 0 Å². The van der Waals surface area contributed by atoms with Crippen molar-refractivity contribution in [1.82, 2.24) is 15.1 Å². The number of nitrogens with one attached hydrogen (secondary N) is 1. The molecular weight excluding hydrogens is 969 g/mol. The number of fused-ring (bicyclic) bond motifs is 2. The molecule has 3 N–H and O–H groups in total. The fourth-order valence-corrected chi connectivity index (χ4v) is 12.5. The minimum atomic E-state index is -0.771. The van der Waals surface area contributed by atoms with Crippen molar-refractivity contribution in [3.05, 3.63) is 195 Å². The quantitative estimate of drug-likeness (QED) is 0.0502. The molecule has 70 heavy (non-hydrogen) atoms. The Morgan fingerprint density at radius 3 is 1.40 bits per heavy atom. The summed E-state index contributed by atoms with van der Waals surface area (Å²) in [5.74, 6) is 0.138. The third-order valence-electron chi connectivity index (χ3n) is 11.3. The van der Waals surface area contributed by atoms with Crippen LogP contribution in [0.1, 0.15) is 34.5 Å². The van der Waals surface area contributed by atoms with Gasteiger partial charge < -0.3 is 34.7 Å². The zero-order valence-corrected chi connectivity index (χ0v) is 41.4. The highest BCUT2D eigenvalue weighted by Gasteiger charge is 2.55. The van der Waals surface area contributed by atoms with E-state index in [0.29, 0.717) is 34.0 Å². The molecule has 4 atom stereocenters. The number of nitrogens with two attached hydrogens (primary N) is 1. The second-order valence-corrected chi connectivity index (χ2v) is 20.1. The number of nitrogens with zero attached hydrogens (tertiary/aromatic N) is 2. The van der Waals surface area contributed by atoms with E-state index >= 15 is 0 Å². The lowest BCUT2D eigenvalue weighted by Gasteiger charge is -2.49. The maximum absolute atomic E-state index is 13.8. The lowest BCUT2D eigenvalue weighted by molar-refractivity contribution is -0.154. The van der Waals surface area contributed by atoms with E-state index in [1.807, 2.05) is 140 Å². The topological polar surface area (TPSA) is 176 Å². The van der Waals surface area contributed by atoms with Crippen molar-refractivity contribution >= 4 is 76.7 Å². The molecule has 0 saturated carbocycles. The van der Waals surface area contributed by atoms with Gasteiger partial charge in [-0.2, -0.15) is 0 Å². The van der Waals surface area contributed by atoms with Crippen LogP contribution in [-0.4, -0.2) is 107 Å². The van der Waals surface area contributed by atoms with E-state index < -0.39 is 47.5 Å². The van der Waals surface area contributed by atoms with Crippen LogP contribution in [0, 0.1) is 0 Å². The smallest absolute Gasteiger partial charge is 0.356 e. The molecule has 2 saturated heterocycles. The van der Waals surface area contributed by atoms with Gasteiger partial charge in [-0.3, -0.25) is 24.2 Å². The minimum Gasteiger partial charge on any atom is -0.484 e. The Kier molecular flexibility index (Phi) is 17.4. The summed E-state index contributed by atoms with van der Waals surface area (Å²) < 4.78 is 28.0. The van der Waals surface area contributed by atoms with Crippen molar-refractivity contribution in [1.29, 1.82) is 0 Å². The van der Waals surface area contributed by atoms with E-state index in [4.69, 9.17) is 29.4 Å². The first-order valence-corrected chi connectivity index (χ1v) is 26.2. The molecule has 14 nitrogen and oxygen atoms in total. The van der Waals surface area contributed by atoms with Gasteiger partial charge in [-0.25, -0.2) is 9.59 Å². The normalized spacial score (nSPS) is 19.3. The zero-order chi connectivity index (χ0) is 49.0. The molecule has 362 valence electrons. The van der Waals surface area contributed by atoms with E-state index in [1.165, 1.54) is 45.1 Å². The number of hydrogen-bond donors (Lipinski definition) is 2. The number of methoxy groups -OCH3 is 2. The minimum absolute atomic E-state index is 0.193. The summed E-state index contributed by atoms with van der Waals surface area (Å²) >= 11 is 5.78. The lowest BCUT2D eigenvalue weighted by atomic mass is 10.0. The highest BCUT2D eigenvalue weighted by atomic mass is 32.2. The molecule has 0 aromatic heterocycles. The molecule has 18 heteroatoms. The number of amides is 3. The Morgan fingerprint density at radius 2 is 0.986 bits per heavy atom. The van der Waals surface area contributed by atoms with E-state index in [2.05, 4.69) is 5.32 Å². The first-order valence-electron chi connectivity index (χ1n) is 22.1. The summed E-state index contributed by atoms with van der Waals surface area (Å²) in [6.45, 7) is -0.222. The van der Waals surface area contributed by atoms with Crippen molar-refractivity contribution in [3.63, 3.8) is 0 Å². The summed E-state index contributed by atoms with van der Waals surface area (Å²) in [5.41, 5.74) is 9.77. The average molecular weight is 1020 g/mol. The van der Waals surface area contributed by atoms with Gasteiger partial charge in [0.1, 0.15) is 40.0 Å². The standard InChI is InChI=1S/C30H28N2O6S2.C22H22N2O4S2/c1-36-19-40-23-18-39-29-25(31-24(33)17-37-22-15-9-4-10-16-22)28(34)32(29)26(23)30(35)38-27(20-11-5-2-6-12-20)21-13-7-3-8-14-21;1-27-13-30-16-12-29-21-17(23)20(25)24(21)18(16)22(26)28-19(14-8-4-2-5-9-14)15-10-6-3-7-11-15/h2-16,25,27,29H,17-19H2,1H3,(H,31,33);2-11,17,19,21H,12-13,23H2,1H3/t25-,29-;17-,21-/m11/s1. The predicted octanol–water partition coefficient (Wildman–Crippen LogP) is 7.46. The summed E-state index contributed by atoms with van der Waals surface area (Å²) in [7, 11) is 3.17. The van der Waals surface area contributed by atoms with Gasteiger partial charge in [0, 0.05) is 35.5 Å². The fourth-order valence-electron chi connectivity index (χ4n) is 7.91. The molecule has 5 aromatic carbocycles. The van der Waals surface area contributed by atoms with E-state index in [1.54, 1.807) is 38.1 Å². The van der Waals surface area contributed by atoms with Crippen molar-refractivity contribution in [3.8, 4) is 5.75 Å². The largest absolute Gasteiger partial charge is 0.484 e. The molecule has 0 spiro atoms. The van der Waals surface area contributed by atoms with Crippen LogP contribution in [0.2, 0.25) is 0 Å². The molecule has 0 bridgehead atoms. The number of benzene rings is 5. The third kappa shape index (κ3) is 11.6. The SMILES string of the molecule is COCSC1=C(C(=O)OC(c2ccccc2)c2ccccc2)N2C(=O)[C@@H](N)[C@H]2SC1.COCSC1=C(C(=O)OC(c2ccccc2)c2ccccc2)N2C(=O)[C@@H](NC(=O)COc3ccccc3)[C@H]2SC1. The van der Waals surface area contributed by atoms with E-state index in [-0.39, 0.29) is 35.2 Å². The highest BCUT2D eigenvalue weighted by molar-refractivity contribution is 8.06. The average Bonchev–Trinajstić information content (AvgIpc) is 3.41. The molecule has 4 heterocycles. The molecule has 0 radical (unpaired) electrons. The summed E-state index contributed by atoms with van der Waals surface area (Å²) in [6.07, 6.45) is -1.25. The maximum Gasteiger partial charge on any atom is 0.356 e. The van der Waals surface area contributed by atoms with Gasteiger partial charge >= 0.3 is 11.9 Å². The molecule has 3 amide bonds. The van der Waals surface area contributed by atoms with E-state index in [9.17, 15) is 24.0 Å². The Hall–Kier alpha value is -5.99. The monoisotopic (exact) mass is 1020 g/mol. The lowest BCUT2D eigenvalue weighted by Crippen LogP contribution is -2.70. The Balaban J connectivity index is 0.000000196. The molecule has 2 fully saturated rings. The highest BCUT2D eigenvalue weighted by Crippen LogP contribution is 2.46. The number of thioether (sulfide) groups is 4. The summed E-state index contributed by atoms with van der Waals surface area (Å²) in [6, 6.07) is 45.7. The van der Waals surface area contributed by atoms with Gasteiger partial charge in [0.2, 0.25) is 5.91 Å². The van der Waals surface area contributed by atoms with Crippen LogP contribution >= 0.6 is 47.0 Å². The number of ether oxygens (including phenoxy) is 5. The maximum atomic E-state index is 13.8. The zero-order valence-electron chi connectivity index (χ0n) is 38.1. The van der Waals surface area contributed by atoms with Crippen molar-refractivity contribution in [2.24, 2.45) is 5.73 Å². The number of esters is 2. The third-order valence-corrected chi connectivity index (χ3v) is 16.3. The van der Waals surface area contributed by atoms with Crippen molar-refractivity contribution in [2.75, 3.05) is 44.2 Å². The van der Waals surface area contributed by atoms with E-state index in [0.717, 1.165) is 27.2 Å². The van der Waals surface area contributed by atoms with Gasteiger partial charge in [0.25, 0.3) is 11.8 Å². The Morgan fingerprint density at radius 1 is 0.600 bits per heavy atom. The van der Waals surface area contributed by atoms with Gasteiger partial charge in [-0.1, -0.05) is 163 Å². The van der Waals surface area contributed by atoms with Gasteiger partial charge in [0.05, 0.1) is 11.9 Å². The summed E-state index contributed by atoms with van der Waals surface area (Å²) in [4.78, 5) is 70.0. The van der Waals surface area contributed by atoms with Gasteiger partial charge in [-0.05, 0) is 34.4 Å². The van der Waals surface area contributed by atoms with Crippen LogP contribution in [-0.2, 0) is 42.9 Å². The van der Waals surface area contributed by atoms with Crippen LogP contribution in [0.3, 0.4) is 0 Å². The molecule has 0 unspecified atom stereocenters. The van der Waals surface area contributed by atoms with Crippen LogP contribution < -0.4 is 15.8 Å². The number of carbonyl (C=O) groups is 5. The molecule has 5 aromatic rings. The van der Waals surface area contributed by atoms with Crippen molar-refractivity contribution < 1.29 is 47.7 Å². The Bertz CT molecular complexity index is 2610. The number of para-hydroxylation sites is 1. The van der Waals surface area contributed by atoms with Crippen LogP contribution in [0.5, 0.6) is 5.75 Å². The molecule has 9 rings (SSSR count). The molecular formula is C52H50N4O10S4. The number of hydrogen-bond acceptors (Lipinski definition) is 15. The van der Waals surface area contributed by atoms with Gasteiger partial charge in [0.15, 0.2) is 18.8 Å². The van der Waals surface area contributed by atoms with Crippen LogP contribution in [0.4, 0.5) is 0 Å². The van der Waals surface area contributed by atoms with Crippen LogP contribution in [0.15, 0.2) is 173 Å². The molecule has 4 aliphatic heterocycles. The number of β-lactam (4-membered cyclic amide) rings is 2. The molecule has 0 aliphatic carbocycles.